The SMILES string of the molecule is Cc1ccc(Oc2cccc(CN3CCC(c4cccc(NC(=O)C(C)C)c4)CC3)c2)cc1. The number of ether oxygens (including phenoxy) is 1. The number of hydrogen-bond donors (Lipinski definition) is 1. The van der Waals surface area contributed by atoms with Gasteiger partial charge in [-0.1, -0.05) is 55.8 Å². The van der Waals surface area contributed by atoms with Gasteiger partial charge in [0, 0.05) is 18.2 Å². The van der Waals surface area contributed by atoms with Crippen LogP contribution in [0.2, 0.25) is 0 Å². The maximum Gasteiger partial charge on any atom is 0.226 e. The van der Waals surface area contributed by atoms with Crippen LogP contribution in [0.15, 0.2) is 72.8 Å². The Kier molecular flexibility index (Phi) is 7.46. The van der Waals surface area contributed by atoms with Gasteiger partial charge in [-0.3, -0.25) is 9.69 Å². The molecule has 1 fully saturated rings. The largest absolute Gasteiger partial charge is 0.457 e. The van der Waals surface area contributed by atoms with Crippen molar-refractivity contribution in [3.8, 4) is 11.5 Å². The number of benzene rings is 3. The van der Waals surface area contributed by atoms with Gasteiger partial charge in [-0.25, -0.2) is 0 Å². The summed E-state index contributed by atoms with van der Waals surface area (Å²) in [7, 11) is 0. The summed E-state index contributed by atoms with van der Waals surface area (Å²) in [5.74, 6) is 2.33. The smallest absolute Gasteiger partial charge is 0.226 e. The summed E-state index contributed by atoms with van der Waals surface area (Å²) in [6.45, 7) is 8.97. The quantitative estimate of drug-likeness (QED) is 0.439. The van der Waals surface area contributed by atoms with Gasteiger partial charge in [0.15, 0.2) is 0 Å². The zero-order valence-corrected chi connectivity index (χ0v) is 19.9. The Balaban J connectivity index is 1.32. The summed E-state index contributed by atoms with van der Waals surface area (Å²) in [6.07, 6.45) is 2.25. The summed E-state index contributed by atoms with van der Waals surface area (Å²) in [4.78, 5) is 14.5. The van der Waals surface area contributed by atoms with Gasteiger partial charge >= 0.3 is 0 Å². The third-order valence-corrected chi connectivity index (χ3v) is 6.30. The van der Waals surface area contributed by atoms with Crippen molar-refractivity contribution >= 4 is 11.6 Å². The normalized spacial score (nSPS) is 14.9. The molecular formula is C29H34N2O2. The maximum absolute atomic E-state index is 12.0. The number of nitrogens with one attached hydrogen (secondary N) is 1. The molecule has 1 saturated heterocycles. The fourth-order valence-corrected chi connectivity index (χ4v) is 4.29. The number of likely N-dealkylation sites (tertiary alicyclic amines) is 1. The van der Waals surface area contributed by atoms with Crippen LogP contribution in [-0.2, 0) is 11.3 Å². The molecule has 33 heavy (non-hydrogen) atoms. The van der Waals surface area contributed by atoms with E-state index in [2.05, 4.69) is 65.7 Å². The average Bonchev–Trinajstić information content (AvgIpc) is 2.81. The molecule has 0 radical (unpaired) electrons. The van der Waals surface area contributed by atoms with E-state index in [0.717, 1.165) is 49.7 Å². The summed E-state index contributed by atoms with van der Waals surface area (Å²) in [6, 6.07) is 24.9. The number of anilines is 1. The van der Waals surface area contributed by atoms with E-state index in [1.807, 2.05) is 38.1 Å². The molecule has 0 spiro atoms. The molecule has 0 aromatic heterocycles. The third-order valence-electron chi connectivity index (χ3n) is 6.30. The zero-order chi connectivity index (χ0) is 23.2. The van der Waals surface area contributed by atoms with E-state index in [-0.39, 0.29) is 11.8 Å². The molecule has 4 rings (SSSR count). The lowest BCUT2D eigenvalue weighted by atomic mass is 9.89. The maximum atomic E-state index is 12.0. The number of aryl methyl sites for hydroxylation is 1. The van der Waals surface area contributed by atoms with Gasteiger partial charge in [-0.15, -0.1) is 0 Å². The minimum Gasteiger partial charge on any atom is -0.457 e. The first-order valence-electron chi connectivity index (χ1n) is 11.9. The van der Waals surface area contributed by atoms with Crippen molar-refractivity contribution in [2.45, 2.75) is 46.1 Å². The molecule has 0 aliphatic carbocycles. The first-order valence-corrected chi connectivity index (χ1v) is 11.9. The van der Waals surface area contributed by atoms with Crippen molar-refractivity contribution < 1.29 is 9.53 Å². The highest BCUT2D eigenvalue weighted by molar-refractivity contribution is 5.92. The highest BCUT2D eigenvalue weighted by atomic mass is 16.5. The fourth-order valence-electron chi connectivity index (χ4n) is 4.29. The van der Waals surface area contributed by atoms with Crippen LogP contribution < -0.4 is 10.1 Å². The zero-order valence-electron chi connectivity index (χ0n) is 19.9. The predicted octanol–water partition coefficient (Wildman–Crippen LogP) is 6.76. The molecule has 0 unspecified atom stereocenters. The van der Waals surface area contributed by atoms with E-state index in [0.29, 0.717) is 5.92 Å². The van der Waals surface area contributed by atoms with Crippen LogP contribution in [0.4, 0.5) is 5.69 Å². The van der Waals surface area contributed by atoms with E-state index in [4.69, 9.17) is 4.74 Å². The molecule has 0 bridgehead atoms. The van der Waals surface area contributed by atoms with E-state index in [9.17, 15) is 4.79 Å². The summed E-state index contributed by atoms with van der Waals surface area (Å²) in [5, 5.41) is 3.03. The van der Waals surface area contributed by atoms with Gasteiger partial charge < -0.3 is 10.1 Å². The molecule has 1 heterocycles. The Hall–Kier alpha value is -3.11. The van der Waals surface area contributed by atoms with Gasteiger partial charge in [0.1, 0.15) is 11.5 Å². The molecule has 1 aliphatic heterocycles. The number of nitrogens with zero attached hydrogens (tertiary/aromatic N) is 1. The fraction of sp³-hybridized carbons (Fsp3) is 0.345. The van der Waals surface area contributed by atoms with Crippen LogP contribution in [-0.4, -0.2) is 23.9 Å². The molecule has 0 saturated carbocycles. The third kappa shape index (κ3) is 6.45. The predicted molar refractivity (Wildman–Crippen MR) is 135 cm³/mol. The van der Waals surface area contributed by atoms with E-state index in [1.54, 1.807) is 0 Å². The molecule has 4 heteroatoms. The minimum absolute atomic E-state index is 0.0160. The molecule has 4 nitrogen and oxygen atoms in total. The molecule has 1 aliphatic rings. The van der Waals surface area contributed by atoms with Gasteiger partial charge in [-0.2, -0.15) is 0 Å². The number of amides is 1. The topological polar surface area (TPSA) is 41.6 Å². The average molecular weight is 443 g/mol. The van der Waals surface area contributed by atoms with E-state index in [1.165, 1.54) is 16.7 Å². The van der Waals surface area contributed by atoms with Crippen LogP contribution in [0.25, 0.3) is 0 Å². The van der Waals surface area contributed by atoms with Gasteiger partial charge in [0.05, 0.1) is 0 Å². The lowest BCUT2D eigenvalue weighted by molar-refractivity contribution is -0.118. The molecule has 3 aromatic carbocycles. The number of carbonyl (C=O) groups excluding carboxylic acids is 1. The van der Waals surface area contributed by atoms with E-state index < -0.39 is 0 Å². The Bertz CT molecular complexity index is 1070. The monoisotopic (exact) mass is 442 g/mol. The van der Waals surface area contributed by atoms with Crippen molar-refractivity contribution in [1.29, 1.82) is 0 Å². The highest BCUT2D eigenvalue weighted by Gasteiger charge is 2.21. The molecule has 1 N–H and O–H groups in total. The summed E-state index contributed by atoms with van der Waals surface area (Å²) in [5.41, 5.74) is 4.73. The van der Waals surface area contributed by atoms with Crippen LogP contribution >= 0.6 is 0 Å². The minimum atomic E-state index is -0.0160. The van der Waals surface area contributed by atoms with Crippen LogP contribution in [0, 0.1) is 12.8 Å². The Morgan fingerprint density at radius 2 is 1.70 bits per heavy atom. The van der Waals surface area contributed by atoms with Crippen molar-refractivity contribution in [1.82, 2.24) is 4.90 Å². The Labute approximate surface area is 197 Å². The van der Waals surface area contributed by atoms with Gasteiger partial charge in [0.2, 0.25) is 5.91 Å². The second-order valence-corrected chi connectivity index (χ2v) is 9.38. The van der Waals surface area contributed by atoms with Gasteiger partial charge in [0.25, 0.3) is 0 Å². The highest BCUT2D eigenvalue weighted by Crippen LogP contribution is 2.31. The first-order chi connectivity index (χ1) is 16.0. The summed E-state index contributed by atoms with van der Waals surface area (Å²) >= 11 is 0. The Morgan fingerprint density at radius 1 is 0.970 bits per heavy atom. The van der Waals surface area contributed by atoms with Crippen LogP contribution in [0.5, 0.6) is 11.5 Å². The lowest BCUT2D eigenvalue weighted by Crippen LogP contribution is -2.32. The molecule has 3 aromatic rings. The summed E-state index contributed by atoms with van der Waals surface area (Å²) < 4.78 is 6.04. The number of hydrogen-bond acceptors (Lipinski definition) is 3. The number of piperidine rings is 1. The molecule has 0 atom stereocenters. The second-order valence-electron chi connectivity index (χ2n) is 9.38. The number of carbonyl (C=O) groups is 1. The number of rotatable bonds is 7. The van der Waals surface area contributed by atoms with Crippen molar-refractivity contribution in [2.75, 3.05) is 18.4 Å². The standard InChI is InChI=1S/C29H34N2O2/c1-21(2)29(32)30-26-8-5-7-25(19-26)24-14-16-31(17-15-24)20-23-6-4-9-28(18-23)33-27-12-10-22(3)11-13-27/h4-13,18-19,21,24H,14-17,20H2,1-3H3,(H,30,32). The van der Waals surface area contributed by atoms with Crippen LogP contribution in [0.1, 0.15) is 49.3 Å². The van der Waals surface area contributed by atoms with Gasteiger partial charge in [-0.05, 0) is 86.3 Å². The molecule has 1 amide bonds. The molecular weight excluding hydrogens is 408 g/mol. The Morgan fingerprint density at radius 3 is 2.42 bits per heavy atom. The van der Waals surface area contributed by atoms with Crippen molar-refractivity contribution in [2.24, 2.45) is 5.92 Å². The van der Waals surface area contributed by atoms with Crippen LogP contribution in [0.3, 0.4) is 0 Å². The molecule has 172 valence electrons. The van der Waals surface area contributed by atoms with Crippen molar-refractivity contribution in [3.63, 3.8) is 0 Å². The van der Waals surface area contributed by atoms with Crippen molar-refractivity contribution in [3.05, 3.63) is 89.5 Å². The first kappa shape index (κ1) is 23.1. The lowest BCUT2D eigenvalue weighted by Gasteiger charge is -2.32. The second kappa shape index (κ2) is 10.7. The van der Waals surface area contributed by atoms with E-state index >= 15 is 0 Å².